The molecular formula is C12H16N2O. The molecule has 0 radical (unpaired) electrons. The first-order chi connectivity index (χ1) is 7.17. The highest BCUT2D eigenvalue weighted by atomic mass is 16.3. The third-order valence-corrected chi connectivity index (χ3v) is 2.42. The van der Waals surface area contributed by atoms with Crippen LogP contribution in [0.15, 0.2) is 24.3 Å². The smallest absolute Gasteiger partial charge is 0.121 e. The molecule has 0 bridgehead atoms. The molecule has 0 aromatic heterocycles. The first-order valence-corrected chi connectivity index (χ1v) is 5.12. The fourth-order valence-electron chi connectivity index (χ4n) is 1.28. The van der Waals surface area contributed by atoms with Crippen LogP contribution in [0, 0.1) is 11.3 Å². The normalized spacial score (nSPS) is 14.2. The maximum atomic E-state index is 9.14. The SMILES string of the molecule is CCC(C)NC(C#N)c1ccc(O)cc1. The van der Waals surface area contributed by atoms with Gasteiger partial charge in [-0.15, -0.1) is 0 Å². The van der Waals surface area contributed by atoms with Crippen molar-refractivity contribution in [1.82, 2.24) is 5.32 Å². The Morgan fingerprint density at radius 2 is 2.00 bits per heavy atom. The minimum atomic E-state index is -0.305. The Labute approximate surface area is 90.4 Å². The zero-order valence-corrected chi connectivity index (χ0v) is 9.07. The summed E-state index contributed by atoms with van der Waals surface area (Å²) in [6, 6.07) is 8.93. The Kier molecular flexibility index (Phi) is 4.14. The van der Waals surface area contributed by atoms with Crippen molar-refractivity contribution < 1.29 is 5.11 Å². The van der Waals surface area contributed by atoms with E-state index in [-0.39, 0.29) is 11.8 Å². The molecule has 2 unspecified atom stereocenters. The fraction of sp³-hybridized carbons (Fsp3) is 0.417. The van der Waals surface area contributed by atoms with E-state index in [0.29, 0.717) is 6.04 Å². The van der Waals surface area contributed by atoms with Gasteiger partial charge in [-0.3, -0.25) is 5.32 Å². The van der Waals surface area contributed by atoms with Gasteiger partial charge >= 0.3 is 0 Å². The number of hydrogen-bond acceptors (Lipinski definition) is 3. The third-order valence-electron chi connectivity index (χ3n) is 2.42. The number of nitrogens with one attached hydrogen (secondary N) is 1. The van der Waals surface area contributed by atoms with E-state index in [2.05, 4.69) is 18.3 Å². The topological polar surface area (TPSA) is 56.0 Å². The van der Waals surface area contributed by atoms with E-state index in [0.717, 1.165) is 12.0 Å². The number of nitrogens with zero attached hydrogens (tertiary/aromatic N) is 1. The standard InChI is InChI=1S/C12H16N2O/c1-3-9(2)14-12(8-13)10-4-6-11(15)7-5-10/h4-7,9,12,14-15H,3H2,1-2H3. The van der Waals surface area contributed by atoms with Gasteiger partial charge in [0.1, 0.15) is 11.8 Å². The second-order valence-electron chi connectivity index (χ2n) is 3.63. The Morgan fingerprint density at radius 3 is 2.47 bits per heavy atom. The third kappa shape index (κ3) is 3.26. The number of phenolic OH excluding ortho intramolecular Hbond substituents is 1. The summed E-state index contributed by atoms with van der Waals surface area (Å²) in [5, 5.41) is 21.4. The molecule has 0 saturated carbocycles. The Balaban J connectivity index is 2.75. The second kappa shape index (κ2) is 5.38. The van der Waals surface area contributed by atoms with Crippen molar-refractivity contribution in [2.45, 2.75) is 32.4 Å². The first kappa shape index (κ1) is 11.5. The summed E-state index contributed by atoms with van der Waals surface area (Å²) in [4.78, 5) is 0. The lowest BCUT2D eigenvalue weighted by Gasteiger charge is -2.16. The molecule has 0 aliphatic heterocycles. The maximum Gasteiger partial charge on any atom is 0.121 e. The van der Waals surface area contributed by atoms with E-state index in [1.165, 1.54) is 0 Å². The molecule has 0 saturated heterocycles. The van der Waals surface area contributed by atoms with Gasteiger partial charge in [-0.05, 0) is 31.0 Å². The Bertz CT molecular complexity index is 340. The van der Waals surface area contributed by atoms with Crippen LogP contribution in [0.1, 0.15) is 31.9 Å². The first-order valence-electron chi connectivity index (χ1n) is 5.12. The summed E-state index contributed by atoms with van der Waals surface area (Å²) in [7, 11) is 0. The molecule has 1 aromatic rings. The van der Waals surface area contributed by atoms with Crippen molar-refractivity contribution in [2.24, 2.45) is 0 Å². The number of aromatic hydroxyl groups is 1. The van der Waals surface area contributed by atoms with Gasteiger partial charge in [0.25, 0.3) is 0 Å². The summed E-state index contributed by atoms with van der Waals surface area (Å²) < 4.78 is 0. The average molecular weight is 204 g/mol. The van der Waals surface area contributed by atoms with Crippen molar-refractivity contribution in [1.29, 1.82) is 5.26 Å². The van der Waals surface area contributed by atoms with Gasteiger partial charge in [0.2, 0.25) is 0 Å². The molecule has 15 heavy (non-hydrogen) atoms. The van der Waals surface area contributed by atoms with E-state index >= 15 is 0 Å². The lowest BCUT2D eigenvalue weighted by Crippen LogP contribution is -2.29. The zero-order valence-electron chi connectivity index (χ0n) is 9.07. The molecule has 80 valence electrons. The second-order valence-corrected chi connectivity index (χ2v) is 3.63. The van der Waals surface area contributed by atoms with Gasteiger partial charge in [-0.2, -0.15) is 5.26 Å². The van der Waals surface area contributed by atoms with Crippen LogP contribution < -0.4 is 5.32 Å². The summed E-state index contributed by atoms with van der Waals surface area (Å²) in [6.45, 7) is 4.12. The molecule has 0 heterocycles. The maximum absolute atomic E-state index is 9.14. The van der Waals surface area contributed by atoms with Crippen molar-refractivity contribution in [3.8, 4) is 11.8 Å². The van der Waals surface area contributed by atoms with E-state index in [1.54, 1.807) is 24.3 Å². The fourth-order valence-corrected chi connectivity index (χ4v) is 1.28. The highest BCUT2D eigenvalue weighted by Gasteiger charge is 2.11. The van der Waals surface area contributed by atoms with Crippen LogP contribution in [0.4, 0.5) is 0 Å². The van der Waals surface area contributed by atoms with Gasteiger partial charge < -0.3 is 5.11 Å². The van der Waals surface area contributed by atoms with E-state index < -0.39 is 0 Å². The summed E-state index contributed by atoms with van der Waals surface area (Å²) >= 11 is 0. The highest BCUT2D eigenvalue weighted by molar-refractivity contribution is 5.30. The van der Waals surface area contributed by atoms with Gasteiger partial charge in [0.15, 0.2) is 0 Å². The van der Waals surface area contributed by atoms with Gasteiger partial charge in [-0.25, -0.2) is 0 Å². The van der Waals surface area contributed by atoms with E-state index in [1.807, 2.05) is 6.92 Å². The largest absolute Gasteiger partial charge is 0.508 e. The van der Waals surface area contributed by atoms with Crippen LogP contribution in [0.25, 0.3) is 0 Å². The lowest BCUT2D eigenvalue weighted by atomic mass is 10.1. The predicted molar refractivity (Wildman–Crippen MR) is 59.3 cm³/mol. The molecule has 0 amide bonds. The van der Waals surface area contributed by atoms with E-state index in [4.69, 9.17) is 10.4 Å². The summed E-state index contributed by atoms with van der Waals surface area (Å²) in [6.07, 6.45) is 0.982. The molecule has 3 nitrogen and oxygen atoms in total. The molecule has 0 aliphatic rings. The van der Waals surface area contributed by atoms with Crippen molar-refractivity contribution in [2.75, 3.05) is 0 Å². The molecule has 1 aromatic carbocycles. The predicted octanol–water partition coefficient (Wildman–Crippen LogP) is 2.34. The molecule has 0 aliphatic carbocycles. The van der Waals surface area contributed by atoms with Crippen molar-refractivity contribution >= 4 is 0 Å². The van der Waals surface area contributed by atoms with Crippen molar-refractivity contribution in [3.63, 3.8) is 0 Å². The van der Waals surface area contributed by atoms with Crippen LogP contribution in [-0.2, 0) is 0 Å². The molecule has 0 fully saturated rings. The number of nitriles is 1. The van der Waals surface area contributed by atoms with Crippen LogP contribution >= 0.6 is 0 Å². The van der Waals surface area contributed by atoms with Gasteiger partial charge in [0, 0.05) is 6.04 Å². The minimum Gasteiger partial charge on any atom is -0.508 e. The molecule has 0 spiro atoms. The molecular weight excluding hydrogens is 188 g/mol. The van der Waals surface area contributed by atoms with Crippen LogP contribution in [0.2, 0.25) is 0 Å². The molecule has 2 atom stereocenters. The lowest BCUT2D eigenvalue weighted by molar-refractivity contribution is 0.473. The van der Waals surface area contributed by atoms with Crippen LogP contribution in [-0.4, -0.2) is 11.1 Å². The van der Waals surface area contributed by atoms with Gasteiger partial charge in [-0.1, -0.05) is 19.1 Å². The van der Waals surface area contributed by atoms with Crippen LogP contribution in [0.5, 0.6) is 5.75 Å². The molecule has 1 rings (SSSR count). The number of hydrogen-bond donors (Lipinski definition) is 2. The Hall–Kier alpha value is -1.53. The molecule has 3 heteroatoms. The minimum absolute atomic E-state index is 0.221. The summed E-state index contributed by atoms with van der Waals surface area (Å²) in [5.74, 6) is 0.221. The van der Waals surface area contributed by atoms with Crippen LogP contribution in [0.3, 0.4) is 0 Å². The number of phenols is 1. The summed E-state index contributed by atoms with van der Waals surface area (Å²) in [5.41, 5.74) is 0.885. The number of rotatable bonds is 4. The zero-order chi connectivity index (χ0) is 11.3. The van der Waals surface area contributed by atoms with E-state index in [9.17, 15) is 0 Å². The van der Waals surface area contributed by atoms with Crippen molar-refractivity contribution in [3.05, 3.63) is 29.8 Å². The monoisotopic (exact) mass is 204 g/mol. The molecule has 2 N–H and O–H groups in total. The highest BCUT2D eigenvalue weighted by Crippen LogP contribution is 2.17. The van der Waals surface area contributed by atoms with Gasteiger partial charge in [0.05, 0.1) is 6.07 Å². The Morgan fingerprint density at radius 1 is 1.40 bits per heavy atom. The average Bonchev–Trinajstić information content (AvgIpc) is 2.27. The number of benzene rings is 1. The quantitative estimate of drug-likeness (QED) is 0.791.